The summed E-state index contributed by atoms with van der Waals surface area (Å²) in [4.78, 5) is 21.2. The van der Waals surface area contributed by atoms with E-state index in [0.29, 0.717) is 17.7 Å². The van der Waals surface area contributed by atoms with Crippen LogP contribution in [-0.2, 0) is 0 Å². The highest BCUT2D eigenvalue weighted by molar-refractivity contribution is 6.03. The van der Waals surface area contributed by atoms with Gasteiger partial charge in [0.2, 0.25) is 5.95 Å². The smallest absolute Gasteiger partial charge is 0.274 e. The summed E-state index contributed by atoms with van der Waals surface area (Å²) in [6.45, 7) is 4.04. The van der Waals surface area contributed by atoms with E-state index in [4.69, 9.17) is 0 Å². The normalized spacial score (nSPS) is 15.4. The van der Waals surface area contributed by atoms with Crippen LogP contribution in [0.15, 0.2) is 30.5 Å². The van der Waals surface area contributed by atoms with Crippen molar-refractivity contribution in [3.63, 3.8) is 0 Å². The van der Waals surface area contributed by atoms with Crippen LogP contribution in [0.3, 0.4) is 0 Å². The number of carbonyl (C=O) groups excluding carboxylic acids is 1. The minimum atomic E-state index is -0.208. The molecule has 1 saturated carbocycles. The van der Waals surface area contributed by atoms with Crippen molar-refractivity contribution >= 4 is 17.5 Å². The Kier molecular flexibility index (Phi) is 5.64. The zero-order chi connectivity index (χ0) is 17.6. The van der Waals surface area contributed by atoms with E-state index in [-0.39, 0.29) is 5.91 Å². The first-order valence-corrected chi connectivity index (χ1v) is 9.10. The van der Waals surface area contributed by atoms with E-state index in [0.717, 1.165) is 29.7 Å². The van der Waals surface area contributed by atoms with Crippen LogP contribution in [0.4, 0.5) is 11.6 Å². The van der Waals surface area contributed by atoms with E-state index in [1.165, 1.54) is 25.7 Å². The zero-order valence-corrected chi connectivity index (χ0v) is 15.0. The van der Waals surface area contributed by atoms with Crippen LogP contribution in [0.5, 0.6) is 0 Å². The molecule has 0 radical (unpaired) electrons. The van der Waals surface area contributed by atoms with Crippen molar-refractivity contribution in [1.29, 1.82) is 0 Å². The summed E-state index contributed by atoms with van der Waals surface area (Å²) in [5.74, 6) is 0.334. The van der Waals surface area contributed by atoms with Crippen LogP contribution >= 0.6 is 0 Å². The van der Waals surface area contributed by atoms with E-state index >= 15 is 0 Å². The lowest BCUT2D eigenvalue weighted by molar-refractivity contribution is 0.102. The quantitative estimate of drug-likeness (QED) is 0.807. The predicted octanol–water partition coefficient (Wildman–Crippen LogP) is 4.48. The molecule has 25 heavy (non-hydrogen) atoms. The Morgan fingerprint density at radius 2 is 1.84 bits per heavy atom. The molecule has 1 heterocycles. The number of amides is 1. The first kappa shape index (κ1) is 17.4. The Morgan fingerprint density at radius 1 is 1.08 bits per heavy atom. The molecular weight excluding hydrogens is 312 g/mol. The summed E-state index contributed by atoms with van der Waals surface area (Å²) >= 11 is 0. The van der Waals surface area contributed by atoms with Gasteiger partial charge < -0.3 is 10.6 Å². The van der Waals surface area contributed by atoms with Crippen molar-refractivity contribution in [1.82, 2.24) is 9.97 Å². The van der Waals surface area contributed by atoms with Crippen molar-refractivity contribution in [2.75, 3.05) is 10.6 Å². The van der Waals surface area contributed by atoms with E-state index in [9.17, 15) is 4.79 Å². The van der Waals surface area contributed by atoms with Gasteiger partial charge in [0.05, 0.1) is 0 Å². The third-order valence-corrected chi connectivity index (χ3v) is 4.93. The van der Waals surface area contributed by atoms with E-state index < -0.39 is 0 Å². The molecule has 1 aromatic heterocycles. The van der Waals surface area contributed by atoms with Crippen LogP contribution < -0.4 is 10.6 Å². The summed E-state index contributed by atoms with van der Waals surface area (Å²) in [5.41, 5.74) is 3.42. The fraction of sp³-hybridized carbons (Fsp3) is 0.450. The number of nitrogens with zero attached hydrogens (tertiary/aromatic N) is 2. The summed E-state index contributed by atoms with van der Waals surface area (Å²) < 4.78 is 0. The average Bonchev–Trinajstić information content (AvgIpc) is 2.88. The van der Waals surface area contributed by atoms with Gasteiger partial charge in [0, 0.05) is 17.9 Å². The molecule has 1 aliphatic rings. The number of nitrogens with one attached hydrogen (secondary N) is 2. The summed E-state index contributed by atoms with van der Waals surface area (Å²) in [5, 5.41) is 6.35. The molecule has 0 atom stereocenters. The molecule has 0 aliphatic heterocycles. The molecule has 0 spiro atoms. The van der Waals surface area contributed by atoms with Gasteiger partial charge in [0.25, 0.3) is 5.91 Å². The van der Waals surface area contributed by atoms with E-state index in [2.05, 4.69) is 20.6 Å². The molecule has 132 valence electrons. The first-order valence-electron chi connectivity index (χ1n) is 9.10. The Morgan fingerprint density at radius 3 is 2.60 bits per heavy atom. The number of hydrogen-bond donors (Lipinski definition) is 2. The molecule has 0 bridgehead atoms. The van der Waals surface area contributed by atoms with Gasteiger partial charge >= 0.3 is 0 Å². The predicted molar refractivity (Wildman–Crippen MR) is 101 cm³/mol. The van der Waals surface area contributed by atoms with Crippen molar-refractivity contribution in [2.45, 2.75) is 58.4 Å². The Bertz CT molecular complexity index is 736. The van der Waals surface area contributed by atoms with Gasteiger partial charge in [-0.3, -0.25) is 4.79 Å². The maximum Gasteiger partial charge on any atom is 0.274 e. The maximum atomic E-state index is 12.5. The first-order chi connectivity index (χ1) is 12.1. The number of benzene rings is 1. The summed E-state index contributed by atoms with van der Waals surface area (Å²) in [7, 11) is 0. The molecule has 3 rings (SSSR count). The fourth-order valence-corrected chi connectivity index (χ4v) is 3.23. The summed E-state index contributed by atoms with van der Waals surface area (Å²) in [6, 6.07) is 7.94. The van der Waals surface area contributed by atoms with Crippen LogP contribution in [-0.4, -0.2) is 21.9 Å². The number of anilines is 2. The van der Waals surface area contributed by atoms with Gasteiger partial charge in [-0.25, -0.2) is 9.97 Å². The van der Waals surface area contributed by atoms with Gasteiger partial charge in [0.15, 0.2) is 0 Å². The zero-order valence-electron chi connectivity index (χ0n) is 15.0. The SMILES string of the molecule is Cc1cccc(NC(=O)c2ccnc(NC3CCCCCC3)n2)c1C. The topological polar surface area (TPSA) is 66.9 Å². The molecule has 1 amide bonds. The highest BCUT2D eigenvalue weighted by Crippen LogP contribution is 2.21. The minimum absolute atomic E-state index is 0.208. The molecule has 0 saturated heterocycles. The third-order valence-electron chi connectivity index (χ3n) is 4.93. The highest BCUT2D eigenvalue weighted by atomic mass is 16.1. The second kappa shape index (κ2) is 8.10. The Hall–Kier alpha value is -2.43. The van der Waals surface area contributed by atoms with Gasteiger partial charge in [-0.1, -0.05) is 37.8 Å². The van der Waals surface area contributed by atoms with Crippen molar-refractivity contribution < 1.29 is 4.79 Å². The lowest BCUT2D eigenvalue weighted by Crippen LogP contribution is -2.21. The van der Waals surface area contributed by atoms with Crippen LogP contribution in [0, 0.1) is 13.8 Å². The molecule has 0 unspecified atom stereocenters. The molecule has 1 aliphatic carbocycles. The average molecular weight is 338 g/mol. The number of aromatic nitrogens is 2. The number of rotatable bonds is 4. The number of aryl methyl sites for hydroxylation is 1. The highest BCUT2D eigenvalue weighted by Gasteiger charge is 2.15. The Balaban J connectivity index is 1.69. The molecule has 2 N–H and O–H groups in total. The van der Waals surface area contributed by atoms with Gasteiger partial charge in [0.1, 0.15) is 5.69 Å². The van der Waals surface area contributed by atoms with Crippen LogP contribution in [0.2, 0.25) is 0 Å². The van der Waals surface area contributed by atoms with Crippen molar-refractivity contribution in [3.05, 3.63) is 47.3 Å². The largest absolute Gasteiger partial charge is 0.351 e. The van der Waals surface area contributed by atoms with Crippen molar-refractivity contribution in [2.24, 2.45) is 0 Å². The van der Waals surface area contributed by atoms with Gasteiger partial charge in [-0.2, -0.15) is 0 Å². The summed E-state index contributed by atoms with van der Waals surface area (Å²) in [6.07, 6.45) is 9.01. The van der Waals surface area contributed by atoms with Crippen LogP contribution in [0.25, 0.3) is 0 Å². The van der Waals surface area contributed by atoms with Gasteiger partial charge in [-0.15, -0.1) is 0 Å². The van der Waals surface area contributed by atoms with Crippen molar-refractivity contribution in [3.8, 4) is 0 Å². The molecule has 5 heteroatoms. The minimum Gasteiger partial charge on any atom is -0.351 e. The fourth-order valence-electron chi connectivity index (χ4n) is 3.23. The van der Waals surface area contributed by atoms with E-state index in [1.807, 2.05) is 32.0 Å². The number of carbonyl (C=O) groups is 1. The van der Waals surface area contributed by atoms with Gasteiger partial charge in [-0.05, 0) is 49.9 Å². The maximum absolute atomic E-state index is 12.5. The van der Waals surface area contributed by atoms with E-state index in [1.54, 1.807) is 12.3 Å². The standard InChI is InChI=1S/C20H26N4O/c1-14-8-7-11-17(15(14)2)23-19(25)18-12-13-21-20(24-18)22-16-9-5-3-4-6-10-16/h7-8,11-13,16H,3-6,9-10H2,1-2H3,(H,23,25)(H,21,22,24). The molecule has 1 aromatic carbocycles. The number of hydrogen-bond acceptors (Lipinski definition) is 4. The lowest BCUT2D eigenvalue weighted by atomic mass is 10.1. The molecule has 1 fully saturated rings. The third kappa shape index (κ3) is 4.56. The molecule has 2 aromatic rings. The second-order valence-corrected chi connectivity index (χ2v) is 6.80. The Labute approximate surface area is 149 Å². The monoisotopic (exact) mass is 338 g/mol. The molecule has 5 nitrogen and oxygen atoms in total. The molecular formula is C20H26N4O. The lowest BCUT2D eigenvalue weighted by Gasteiger charge is -2.16. The second-order valence-electron chi connectivity index (χ2n) is 6.80. The van der Waals surface area contributed by atoms with Crippen LogP contribution in [0.1, 0.15) is 60.1 Å².